The third-order valence-corrected chi connectivity index (χ3v) is 2.50. The van der Waals surface area contributed by atoms with Crippen LogP contribution in [-0.4, -0.2) is 29.8 Å². The Morgan fingerprint density at radius 1 is 1.43 bits per heavy atom. The average molecular weight is 220 g/mol. The third-order valence-electron chi connectivity index (χ3n) is 2.23. The van der Waals surface area contributed by atoms with Crippen LogP contribution in [0.3, 0.4) is 0 Å². The van der Waals surface area contributed by atoms with Gasteiger partial charge in [-0.2, -0.15) is 0 Å². The number of hydrogen-bond donors (Lipinski definition) is 0. The number of carbonyl (C=O) groups is 1. The second kappa shape index (κ2) is 8.10. The lowest BCUT2D eigenvalue weighted by molar-refractivity contribution is -0.131. The van der Waals surface area contributed by atoms with Crippen molar-refractivity contribution in [1.82, 2.24) is 4.90 Å². The molecule has 0 fully saturated rings. The summed E-state index contributed by atoms with van der Waals surface area (Å²) in [5.41, 5.74) is 0. The van der Waals surface area contributed by atoms with Gasteiger partial charge in [0.2, 0.25) is 5.91 Å². The predicted molar refractivity (Wildman–Crippen MR) is 61.7 cm³/mol. The first-order chi connectivity index (χ1) is 6.61. The molecule has 14 heavy (non-hydrogen) atoms. The minimum atomic E-state index is 0.270. The minimum absolute atomic E-state index is 0.270. The van der Waals surface area contributed by atoms with E-state index in [0.717, 1.165) is 25.9 Å². The van der Waals surface area contributed by atoms with Crippen LogP contribution in [-0.2, 0) is 4.79 Å². The molecule has 0 rings (SSSR count). The van der Waals surface area contributed by atoms with Gasteiger partial charge in [0.1, 0.15) is 0 Å². The lowest BCUT2D eigenvalue weighted by atomic mass is 10.1. The molecule has 0 bridgehead atoms. The summed E-state index contributed by atoms with van der Waals surface area (Å²) in [7, 11) is 0. The molecule has 0 aliphatic heterocycles. The maximum absolute atomic E-state index is 11.7. The molecule has 3 heteroatoms. The Morgan fingerprint density at radius 2 is 2.07 bits per heavy atom. The van der Waals surface area contributed by atoms with E-state index in [2.05, 4.69) is 13.8 Å². The van der Waals surface area contributed by atoms with Crippen molar-refractivity contribution in [2.75, 3.05) is 19.0 Å². The van der Waals surface area contributed by atoms with Crippen LogP contribution in [0.15, 0.2) is 0 Å². The van der Waals surface area contributed by atoms with Crippen molar-refractivity contribution in [3.8, 4) is 0 Å². The predicted octanol–water partition coefficient (Wildman–Crippen LogP) is 2.90. The Labute approximate surface area is 92.6 Å². The van der Waals surface area contributed by atoms with E-state index in [0.29, 0.717) is 18.2 Å². The summed E-state index contributed by atoms with van der Waals surface area (Å²) in [5.74, 6) is 1.51. The summed E-state index contributed by atoms with van der Waals surface area (Å²) >= 11 is 5.60. The zero-order valence-electron chi connectivity index (χ0n) is 9.55. The molecule has 2 nitrogen and oxygen atoms in total. The Bertz CT molecular complexity index is 159. The van der Waals surface area contributed by atoms with Gasteiger partial charge >= 0.3 is 0 Å². The van der Waals surface area contributed by atoms with Crippen LogP contribution in [0, 0.1) is 5.92 Å². The number of nitrogens with zero attached hydrogens (tertiary/aromatic N) is 1. The molecule has 0 heterocycles. The zero-order chi connectivity index (χ0) is 11.0. The number of amides is 1. The molecule has 0 saturated carbocycles. The van der Waals surface area contributed by atoms with Crippen LogP contribution in [0.4, 0.5) is 0 Å². The molecular weight excluding hydrogens is 198 g/mol. The van der Waals surface area contributed by atoms with Gasteiger partial charge in [-0.1, -0.05) is 13.8 Å². The second-order valence-electron chi connectivity index (χ2n) is 3.95. The van der Waals surface area contributed by atoms with Gasteiger partial charge in [0.25, 0.3) is 0 Å². The zero-order valence-corrected chi connectivity index (χ0v) is 10.3. The van der Waals surface area contributed by atoms with Crippen molar-refractivity contribution in [2.45, 2.75) is 40.0 Å². The quantitative estimate of drug-likeness (QED) is 0.603. The Balaban J connectivity index is 3.79. The number of carbonyl (C=O) groups excluding carboxylic acids is 1. The van der Waals surface area contributed by atoms with E-state index in [1.54, 1.807) is 0 Å². The second-order valence-corrected chi connectivity index (χ2v) is 4.33. The molecule has 0 unspecified atom stereocenters. The van der Waals surface area contributed by atoms with Crippen molar-refractivity contribution in [2.24, 2.45) is 5.92 Å². The lowest BCUT2D eigenvalue weighted by Crippen LogP contribution is -2.31. The van der Waals surface area contributed by atoms with Crippen molar-refractivity contribution in [3.05, 3.63) is 0 Å². The van der Waals surface area contributed by atoms with E-state index in [-0.39, 0.29) is 5.91 Å². The minimum Gasteiger partial charge on any atom is -0.343 e. The standard InChI is InChI=1S/C11H22ClNO/c1-4-13(9-5-8-12)11(14)7-6-10(2)3/h10H,4-9H2,1-3H3. The first kappa shape index (κ1) is 13.8. The lowest BCUT2D eigenvalue weighted by Gasteiger charge is -2.20. The molecule has 0 aromatic heterocycles. The van der Waals surface area contributed by atoms with E-state index in [4.69, 9.17) is 11.6 Å². The highest BCUT2D eigenvalue weighted by molar-refractivity contribution is 6.17. The molecular formula is C11H22ClNO. The summed E-state index contributed by atoms with van der Waals surface area (Å²) in [5, 5.41) is 0. The summed E-state index contributed by atoms with van der Waals surface area (Å²) in [4.78, 5) is 13.6. The maximum atomic E-state index is 11.7. The normalized spacial score (nSPS) is 10.6. The van der Waals surface area contributed by atoms with Crippen molar-refractivity contribution >= 4 is 17.5 Å². The van der Waals surface area contributed by atoms with E-state index in [9.17, 15) is 4.79 Å². The van der Waals surface area contributed by atoms with Crippen LogP contribution < -0.4 is 0 Å². The molecule has 0 atom stereocenters. The highest BCUT2D eigenvalue weighted by atomic mass is 35.5. The van der Waals surface area contributed by atoms with Gasteiger partial charge in [-0.25, -0.2) is 0 Å². The number of alkyl halides is 1. The van der Waals surface area contributed by atoms with Gasteiger partial charge in [-0.3, -0.25) is 4.79 Å². The van der Waals surface area contributed by atoms with E-state index >= 15 is 0 Å². The van der Waals surface area contributed by atoms with Gasteiger partial charge in [0.15, 0.2) is 0 Å². The molecule has 0 N–H and O–H groups in total. The summed E-state index contributed by atoms with van der Waals surface area (Å²) < 4.78 is 0. The van der Waals surface area contributed by atoms with Crippen molar-refractivity contribution in [1.29, 1.82) is 0 Å². The molecule has 0 spiro atoms. The highest BCUT2D eigenvalue weighted by Crippen LogP contribution is 2.06. The molecule has 0 aliphatic rings. The highest BCUT2D eigenvalue weighted by Gasteiger charge is 2.10. The molecule has 0 aromatic carbocycles. The Morgan fingerprint density at radius 3 is 2.50 bits per heavy atom. The SMILES string of the molecule is CCN(CCCCl)C(=O)CCC(C)C. The molecule has 0 aromatic rings. The van der Waals surface area contributed by atoms with Crippen LogP contribution in [0.1, 0.15) is 40.0 Å². The van der Waals surface area contributed by atoms with Crippen LogP contribution in [0.2, 0.25) is 0 Å². The first-order valence-corrected chi connectivity index (χ1v) is 5.99. The van der Waals surface area contributed by atoms with Gasteiger partial charge in [0, 0.05) is 25.4 Å². The van der Waals surface area contributed by atoms with Gasteiger partial charge in [-0.15, -0.1) is 11.6 Å². The topological polar surface area (TPSA) is 20.3 Å². The smallest absolute Gasteiger partial charge is 0.222 e. The van der Waals surface area contributed by atoms with E-state index in [1.807, 2.05) is 11.8 Å². The van der Waals surface area contributed by atoms with Gasteiger partial charge in [-0.05, 0) is 25.7 Å². The van der Waals surface area contributed by atoms with E-state index in [1.165, 1.54) is 0 Å². The first-order valence-electron chi connectivity index (χ1n) is 5.45. The molecule has 84 valence electrons. The maximum Gasteiger partial charge on any atom is 0.222 e. The summed E-state index contributed by atoms with van der Waals surface area (Å²) in [6.07, 6.45) is 2.55. The summed E-state index contributed by atoms with van der Waals surface area (Å²) in [6.45, 7) is 7.90. The van der Waals surface area contributed by atoms with Crippen LogP contribution in [0.25, 0.3) is 0 Å². The van der Waals surface area contributed by atoms with Crippen LogP contribution >= 0.6 is 11.6 Å². The fraction of sp³-hybridized carbons (Fsp3) is 0.909. The fourth-order valence-electron chi connectivity index (χ4n) is 1.28. The molecule has 1 amide bonds. The van der Waals surface area contributed by atoms with Crippen molar-refractivity contribution < 1.29 is 4.79 Å². The monoisotopic (exact) mass is 219 g/mol. The molecule has 0 radical (unpaired) electrons. The summed E-state index contributed by atoms with van der Waals surface area (Å²) in [6, 6.07) is 0. The third kappa shape index (κ3) is 6.25. The number of hydrogen-bond acceptors (Lipinski definition) is 1. The van der Waals surface area contributed by atoms with Gasteiger partial charge < -0.3 is 4.90 Å². The average Bonchev–Trinajstić information content (AvgIpc) is 2.16. The Hall–Kier alpha value is -0.240. The number of rotatable bonds is 7. The van der Waals surface area contributed by atoms with Gasteiger partial charge in [0.05, 0.1) is 0 Å². The van der Waals surface area contributed by atoms with Crippen LogP contribution in [0.5, 0.6) is 0 Å². The molecule has 0 aliphatic carbocycles. The Kier molecular flexibility index (Phi) is 7.96. The fourth-order valence-corrected chi connectivity index (χ4v) is 1.40. The van der Waals surface area contributed by atoms with Crippen molar-refractivity contribution in [3.63, 3.8) is 0 Å². The number of halogens is 1. The molecule has 0 saturated heterocycles. The largest absolute Gasteiger partial charge is 0.343 e. The van der Waals surface area contributed by atoms with E-state index < -0.39 is 0 Å².